The molecule has 0 aliphatic carbocycles. The lowest BCUT2D eigenvalue weighted by molar-refractivity contribution is -0.137. The maximum Gasteiger partial charge on any atom is 0.321 e. The molecule has 1 rings (SSSR count). The summed E-state index contributed by atoms with van der Waals surface area (Å²) in [6.45, 7) is 0.382. The van der Waals surface area contributed by atoms with Gasteiger partial charge >= 0.3 is 12.0 Å². The van der Waals surface area contributed by atoms with Gasteiger partial charge in [-0.25, -0.2) is 4.79 Å². The number of nitrogens with zero attached hydrogens (tertiary/aromatic N) is 1. The third-order valence-corrected chi connectivity index (χ3v) is 2.51. The summed E-state index contributed by atoms with van der Waals surface area (Å²) in [6, 6.07) is 6.67. The number of terminal acetylenes is 1. The lowest BCUT2D eigenvalue weighted by atomic mass is 10.2. The van der Waals surface area contributed by atoms with E-state index in [4.69, 9.17) is 11.5 Å². The molecule has 0 fully saturated rings. The Hall–Kier alpha value is -2.48. The minimum atomic E-state index is -0.865. The highest BCUT2D eigenvalue weighted by atomic mass is 16.4. The maximum atomic E-state index is 11.8. The molecule has 1 aromatic carbocycles. The van der Waals surface area contributed by atoms with Crippen molar-refractivity contribution in [1.29, 1.82) is 0 Å². The second-order valence-electron chi connectivity index (χ2n) is 4.07. The molecule has 0 unspecified atom stereocenters. The number of rotatable bonds is 5. The molecule has 0 aliphatic rings. The SMILES string of the molecule is C#Cc1cccc(NC(=O)N(C)CCCC(=O)O)c1. The minimum Gasteiger partial charge on any atom is -0.481 e. The Labute approximate surface area is 112 Å². The zero-order valence-corrected chi connectivity index (χ0v) is 10.7. The predicted octanol–water partition coefficient (Wildman–Crippen LogP) is 2.00. The number of carboxylic acid groups (broad SMARTS) is 1. The van der Waals surface area contributed by atoms with Crippen LogP contribution >= 0.6 is 0 Å². The van der Waals surface area contributed by atoms with E-state index >= 15 is 0 Å². The smallest absolute Gasteiger partial charge is 0.321 e. The highest BCUT2D eigenvalue weighted by molar-refractivity contribution is 5.89. The summed E-state index contributed by atoms with van der Waals surface area (Å²) >= 11 is 0. The molecule has 5 nitrogen and oxygen atoms in total. The van der Waals surface area contributed by atoms with Crippen molar-refractivity contribution in [3.05, 3.63) is 29.8 Å². The zero-order valence-electron chi connectivity index (χ0n) is 10.7. The molecule has 0 bridgehead atoms. The number of anilines is 1. The van der Waals surface area contributed by atoms with E-state index < -0.39 is 5.97 Å². The van der Waals surface area contributed by atoms with E-state index in [-0.39, 0.29) is 12.5 Å². The van der Waals surface area contributed by atoms with E-state index in [1.807, 2.05) is 0 Å². The second-order valence-corrected chi connectivity index (χ2v) is 4.07. The van der Waals surface area contributed by atoms with E-state index in [0.29, 0.717) is 24.2 Å². The Morgan fingerprint density at radius 3 is 2.84 bits per heavy atom. The Morgan fingerprint density at radius 1 is 1.47 bits per heavy atom. The number of amides is 2. The first kappa shape index (κ1) is 14.6. The highest BCUT2D eigenvalue weighted by Gasteiger charge is 2.09. The third-order valence-electron chi connectivity index (χ3n) is 2.51. The van der Waals surface area contributed by atoms with Crippen molar-refractivity contribution in [3.63, 3.8) is 0 Å². The summed E-state index contributed by atoms with van der Waals surface area (Å²) in [6.07, 6.45) is 5.74. The molecule has 0 aliphatic heterocycles. The third kappa shape index (κ3) is 5.13. The van der Waals surface area contributed by atoms with Crippen LogP contribution in [-0.2, 0) is 4.79 Å². The maximum absolute atomic E-state index is 11.8. The van der Waals surface area contributed by atoms with Crippen LogP contribution in [-0.4, -0.2) is 35.6 Å². The summed E-state index contributed by atoms with van der Waals surface area (Å²) < 4.78 is 0. The molecule has 2 N–H and O–H groups in total. The van der Waals surface area contributed by atoms with Crippen LogP contribution in [0.3, 0.4) is 0 Å². The fourth-order valence-electron chi connectivity index (χ4n) is 1.47. The molecule has 0 aromatic heterocycles. The second kappa shape index (κ2) is 7.07. The molecule has 0 heterocycles. The van der Waals surface area contributed by atoms with Crippen molar-refractivity contribution in [2.24, 2.45) is 0 Å². The van der Waals surface area contributed by atoms with Crippen molar-refractivity contribution in [2.75, 3.05) is 18.9 Å². The Kier molecular flexibility index (Phi) is 5.42. The lowest BCUT2D eigenvalue weighted by Gasteiger charge is -2.17. The van der Waals surface area contributed by atoms with Gasteiger partial charge in [-0.05, 0) is 24.6 Å². The molecule has 1 aromatic rings. The zero-order chi connectivity index (χ0) is 14.3. The number of aliphatic carboxylic acids is 1. The number of carbonyl (C=O) groups is 2. The number of hydrogen-bond acceptors (Lipinski definition) is 2. The predicted molar refractivity (Wildman–Crippen MR) is 72.9 cm³/mol. The number of benzene rings is 1. The average molecular weight is 260 g/mol. The van der Waals surface area contributed by atoms with E-state index in [2.05, 4.69) is 11.2 Å². The molecule has 0 spiro atoms. The average Bonchev–Trinajstić information content (AvgIpc) is 2.38. The molecule has 0 atom stereocenters. The first-order valence-corrected chi connectivity index (χ1v) is 5.83. The number of nitrogens with one attached hydrogen (secondary N) is 1. The summed E-state index contributed by atoms with van der Waals surface area (Å²) in [5.74, 6) is 1.62. The first-order chi connectivity index (χ1) is 9.02. The Morgan fingerprint density at radius 2 is 2.21 bits per heavy atom. The largest absolute Gasteiger partial charge is 0.481 e. The van der Waals surface area contributed by atoms with E-state index in [1.165, 1.54) is 4.90 Å². The normalized spacial score (nSPS) is 9.47. The van der Waals surface area contributed by atoms with Crippen molar-refractivity contribution in [2.45, 2.75) is 12.8 Å². The Balaban J connectivity index is 2.49. The van der Waals surface area contributed by atoms with Crippen molar-refractivity contribution in [3.8, 4) is 12.3 Å². The van der Waals surface area contributed by atoms with Crippen LogP contribution in [0.15, 0.2) is 24.3 Å². The number of carbonyl (C=O) groups excluding carboxylic acids is 1. The van der Waals surface area contributed by atoms with Gasteiger partial charge in [-0.3, -0.25) is 4.79 Å². The monoisotopic (exact) mass is 260 g/mol. The quantitative estimate of drug-likeness (QED) is 0.795. The summed E-state index contributed by atoms with van der Waals surface area (Å²) in [7, 11) is 1.61. The summed E-state index contributed by atoms with van der Waals surface area (Å²) in [5, 5.41) is 11.2. The Bertz CT molecular complexity index is 506. The van der Waals surface area contributed by atoms with Crippen LogP contribution in [0.1, 0.15) is 18.4 Å². The number of urea groups is 1. The summed E-state index contributed by atoms with van der Waals surface area (Å²) in [5.41, 5.74) is 1.30. The minimum absolute atomic E-state index is 0.0458. The summed E-state index contributed by atoms with van der Waals surface area (Å²) in [4.78, 5) is 23.6. The van der Waals surface area contributed by atoms with E-state index in [9.17, 15) is 9.59 Å². The van der Waals surface area contributed by atoms with Gasteiger partial charge in [0.25, 0.3) is 0 Å². The van der Waals surface area contributed by atoms with Crippen LogP contribution < -0.4 is 5.32 Å². The van der Waals surface area contributed by atoms with Gasteiger partial charge in [0.05, 0.1) is 0 Å². The molecule has 2 amide bonds. The number of hydrogen-bond donors (Lipinski definition) is 2. The lowest BCUT2D eigenvalue weighted by Crippen LogP contribution is -2.32. The fourth-order valence-corrected chi connectivity index (χ4v) is 1.47. The molecular formula is C14H16N2O3. The molecule has 19 heavy (non-hydrogen) atoms. The first-order valence-electron chi connectivity index (χ1n) is 5.83. The molecule has 0 radical (unpaired) electrons. The van der Waals surface area contributed by atoms with Gasteiger partial charge in [0.15, 0.2) is 0 Å². The van der Waals surface area contributed by atoms with E-state index in [1.54, 1.807) is 31.3 Å². The van der Waals surface area contributed by atoms with Gasteiger partial charge in [0, 0.05) is 31.3 Å². The molecule has 0 saturated heterocycles. The van der Waals surface area contributed by atoms with Crippen LogP contribution in [0, 0.1) is 12.3 Å². The van der Waals surface area contributed by atoms with E-state index in [0.717, 1.165) is 0 Å². The number of carboxylic acids is 1. The van der Waals surface area contributed by atoms with Crippen LogP contribution in [0.4, 0.5) is 10.5 Å². The molecule has 100 valence electrons. The van der Waals surface area contributed by atoms with Gasteiger partial charge in [-0.15, -0.1) is 6.42 Å². The van der Waals surface area contributed by atoms with Gasteiger partial charge in [-0.1, -0.05) is 12.0 Å². The fraction of sp³-hybridized carbons (Fsp3) is 0.286. The van der Waals surface area contributed by atoms with Gasteiger partial charge < -0.3 is 15.3 Å². The highest BCUT2D eigenvalue weighted by Crippen LogP contribution is 2.10. The molecule has 0 saturated carbocycles. The van der Waals surface area contributed by atoms with Crippen molar-refractivity contribution < 1.29 is 14.7 Å². The standard InChI is InChI=1S/C14H16N2O3/c1-3-11-6-4-7-12(10-11)15-14(19)16(2)9-5-8-13(17)18/h1,4,6-7,10H,5,8-9H2,2H3,(H,15,19)(H,17,18). The van der Waals surface area contributed by atoms with Crippen LogP contribution in [0.25, 0.3) is 0 Å². The topological polar surface area (TPSA) is 69.6 Å². The van der Waals surface area contributed by atoms with Crippen LogP contribution in [0.5, 0.6) is 0 Å². The van der Waals surface area contributed by atoms with Gasteiger partial charge in [0.2, 0.25) is 0 Å². The van der Waals surface area contributed by atoms with Gasteiger partial charge in [-0.2, -0.15) is 0 Å². The van der Waals surface area contributed by atoms with Gasteiger partial charge in [0.1, 0.15) is 0 Å². The van der Waals surface area contributed by atoms with Crippen molar-refractivity contribution >= 4 is 17.7 Å². The molecule has 5 heteroatoms. The van der Waals surface area contributed by atoms with Crippen molar-refractivity contribution in [1.82, 2.24) is 4.90 Å². The van der Waals surface area contributed by atoms with Crippen LogP contribution in [0.2, 0.25) is 0 Å². The molecular weight excluding hydrogens is 244 g/mol.